The van der Waals surface area contributed by atoms with Gasteiger partial charge in [0.05, 0.1) is 45.0 Å². The fourth-order valence-corrected chi connectivity index (χ4v) is 4.79. The smallest absolute Gasteiger partial charge is 0.341 e. The van der Waals surface area contributed by atoms with Gasteiger partial charge in [-0.15, -0.1) is 11.3 Å². The van der Waals surface area contributed by atoms with Crippen LogP contribution in [0.2, 0.25) is 0 Å². The number of carbonyl (C=O) groups is 2. The summed E-state index contributed by atoms with van der Waals surface area (Å²) in [6, 6.07) is -0.159. The van der Waals surface area contributed by atoms with Gasteiger partial charge in [0.2, 0.25) is 0 Å². The number of carbonyl (C=O) groups excluding carboxylic acids is 2. The lowest BCUT2D eigenvalue weighted by Gasteiger charge is -2.31. The molecule has 0 spiro atoms. The largest absolute Gasteiger partial charge is 0.462 e. The Morgan fingerprint density at radius 3 is 2.76 bits per heavy atom. The summed E-state index contributed by atoms with van der Waals surface area (Å²) >= 11 is 1.51. The molecule has 1 aliphatic carbocycles. The lowest BCUT2D eigenvalue weighted by atomic mass is 10.1. The molecule has 1 saturated heterocycles. The Labute approximate surface area is 151 Å². The number of thiophene rings is 1. The number of amides is 2. The number of aryl methyl sites for hydroxylation is 1. The molecule has 8 heteroatoms. The molecular formula is C17H26N3O4S+. The number of ether oxygens (including phenoxy) is 1. The van der Waals surface area contributed by atoms with Gasteiger partial charge >= 0.3 is 12.0 Å². The van der Waals surface area contributed by atoms with Crippen molar-refractivity contribution in [3.8, 4) is 0 Å². The zero-order valence-corrected chi connectivity index (χ0v) is 15.4. The molecule has 3 N–H and O–H groups in total. The summed E-state index contributed by atoms with van der Waals surface area (Å²) < 4.78 is 5.20. The standard InChI is InChI=1S/C17H25N3O4S/c1-2-24-16(22)14-12-4-3-5-13(12)25-15(14)18-17(23)20-8-6-19(7-9-20)10-11-21/h21H,2-11H2,1H3,(H,18,23)/p+1. The molecule has 1 fully saturated rings. The minimum atomic E-state index is -0.339. The van der Waals surface area contributed by atoms with Crippen molar-refractivity contribution in [2.24, 2.45) is 0 Å². The number of nitrogens with zero attached hydrogens (tertiary/aromatic N) is 1. The first-order valence-electron chi connectivity index (χ1n) is 8.96. The first kappa shape index (κ1) is 18.2. The monoisotopic (exact) mass is 368 g/mol. The van der Waals surface area contributed by atoms with Crippen LogP contribution in [0.25, 0.3) is 0 Å². The van der Waals surface area contributed by atoms with Gasteiger partial charge in [0.25, 0.3) is 0 Å². The average molecular weight is 368 g/mol. The second-order valence-electron chi connectivity index (χ2n) is 6.42. The van der Waals surface area contributed by atoms with Crippen LogP contribution in [0.1, 0.15) is 34.1 Å². The number of esters is 1. The average Bonchev–Trinajstić information content (AvgIpc) is 3.16. The minimum absolute atomic E-state index is 0.159. The molecule has 1 aliphatic heterocycles. The maximum absolute atomic E-state index is 12.6. The third-order valence-corrected chi connectivity index (χ3v) is 6.05. The molecule has 2 aliphatic rings. The van der Waals surface area contributed by atoms with E-state index in [1.807, 2.05) is 0 Å². The van der Waals surface area contributed by atoms with E-state index in [-0.39, 0.29) is 18.6 Å². The molecule has 0 aromatic carbocycles. The first-order chi connectivity index (χ1) is 12.1. The molecule has 0 atom stereocenters. The maximum atomic E-state index is 12.6. The predicted octanol–water partition coefficient (Wildman–Crippen LogP) is 0.138. The second-order valence-corrected chi connectivity index (χ2v) is 7.53. The van der Waals surface area contributed by atoms with E-state index in [1.165, 1.54) is 21.1 Å². The second kappa shape index (κ2) is 8.16. The molecular weight excluding hydrogens is 342 g/mol. The number of piperazine rings is 1. The third-order valence-electron chi connectivity index (χ3n) is 4.84. The molecule has 25 heavy (non-hydrogen) atoms. The van der Waals surface area contributed by atoms with Gasteiger partial charge < -0.3 is 19.6 Å². The molecule has 0 radical (unpaired) electrons. The van der Waals surface area contributed by atoms with E-state index < -0.39 is 0 Å². The fraction of sp³-hybridized carbons (Fsp3) is 0.647. The van der Waals surface area contributed by atoms with E-state index >= 15 is 0 Å². The lowest BCUT2D eigenvalue weighted by Crippen LogP contribution is -3.15. The molecule has 2 amide bonds. The number of rotatable bonds is 5. The molecule has 7 nitrogen and oxygen atoms in total. The Kier molecular flexibility index (Phi) is 5.93. The number of hydrogen-bond acceptors (Lipinski definition) is 5. The van der Waals surface area contributed by atoms with E-state index in [2.05, 4.69) is 5.32 Å². The zero-order chi connectivity index (χ0) is 17.8. The number of hydrogen-bond donors (Lipinski definition) is 3. The minimum Gasteiger partial charge on any atom is -0.462 e. The third kappa shape index (κ3) is 3.96. The van der Waals surface area contributed by atoms with Gasteiger partial charge in [0.15, 0.2) is 0 Å². The summed E-state index contributed by atoms with van der Waals surface area (Å²) in [5.74, 6) is -0.339. The normalized spacial score (nSPS) is 17.4. The van der Waals surface area contributed by atoms with E-state index in [1.54, 1.807) is 11.8 Å². The Hall–Kier alpha value is -1.64. The van der Waals surface area contributed by atoms with Crippen LogP contribution in [0, 0.1) is 0 Å². The van der Waals surface area contributed by atoms with Crippen LogP contribution in [-0.4, -0.2) is 67.9 Å². The van der Waals surface area contributed by atoms with Crippen LogP contribution in [0.4, 0.5) is 9.80 Å². The van der Waals surface area contributed by atoms with Crippen LogP contribution >= 0.6 is 11.3 Å². The maximum Gasteiger partial charge on any atom is 0.341 e. The first-order valence-corrected chi connectivity index (χ1v) is 9.77. The molecule has 3 rings (SSSR count). The fourth-order valence-electron chi connectivity index (χ4n) is 3.52. The number of urea groups is 1. The molecule has 0 unspecified atom stereocenters. The van der Waals surface area contributed by atoms with E-state index in [0.29, 0.717) is 30.3 Å². The van der Waals surface area contributed by atoms with Crippen molar-refractivity contribution in [2.45, 2.75) is 26.2 Å². The number of anilines is 1. The highest BCUT2D eigenvalue weighted by Gasteiger charge is 2.30. The van der Waals surface area contributed by atoms with Crippen LogP contribution < -0.4 is 10.2 Å². The number of fused-ring (bicyclic) bond motifs is 1. The van der Waals surface area contributed by atoms with Crippen LogP contribution in [0.15, 0.2) is 0 Å². The van der Waals surface area contributed by atoms with Crippen molar-refractivity contribution in [1.82, 2.24) is 4.90 Å². The Balaban J connectivity index is 1.68. The highest BCUT2D eigenvalue weighted by molar-refractivity contribution is 7.17. The number of quaternary nitrogens is 1. The number of aliphatic hydroxyl groups excluding tert-OH is 1. The van der Waals surface area contributed by atoms with Crippen LogP contribution in [-0.2, 0) is 17.6 Å². The summed E-state index contributed by atoms with van der Waals surface area (Å²) in [5, 5.41) is 12.6. The van der Waals surface area contributed by atoms with E-state index in [0.717, 1.165) is 44.5 Å². The molecule has 1 aromatic rings. The van der Waals surface area contributed by atoms with Gasteiger partial charge in [-0.25, -0.2) is 9.59 Å². The Morgan fingerprint density at radius 1 is 1.32 bits per heavy atom. The molecule has 0 bridgehead atoms. The molecule has 0 saturated carbocycles. The Bertz CT molecular complexity index is 638. The SMILES string of the molecule is CCOC(=O)c1c(NC(=O)N2CC[NH+](CCO)CC2)sc2c1CCC2. The highest BCUT2D eigenvalue weighted by Crippen LogP contribution is 2.39. The Morgan fingerprint density at radius 2 is 2.08 bits per heavy atom. The van der Waals surface area contributed by atoms with Crippen molar-refractivity contribution >= 4 is 28.3 Å². The molecule has 2 heterocycles. The van der Waals surface area contributed by atoms with Gasteiger partial charge in [-0.3, -0.25) is 5.32 Å². The van der Waals surface area contributed by atoms with Gasteiger partial charge in [-0.05, 0) is 31.7 Å². The van der Waals surface area contributed by atoms with Crippen molar-refractivity contribution in [3.63, 3.8) is 0 Å². The molecule has 1 aromatic heterocycles. The van der Waals surface area contributed by atoms with Gasteiger partial charge in [0.1, 0.15) is 11.5 Å². The van der Waals surface area contributed by atoms with Gasteiger partial charge in [-0.2, -0.15) is 0 Å². The summed E-state index contributed by atoms with van der Waals surface area (Å²) in [6.07, 6.45) is 2.89. The van der Waals surface area contributed by atoms with Crippen molar-refractivity contribution in [2.75, 3.05) is 51.3 Å². The van der Waals surface area contributed by atoms with Crippen molar-refractivity contribution in [1.29, 1.82) is 0 Å². The van der Waals surface area contributed by atoms with E-state index in [4.69, 9.17) is 9.84 Å². The summed E-state index contributed by atoms with van der Waals surface area (Å²) in [6.45, 7) is 5.98. The van der Waals surface area contributed by atoms with Gasteiger partial charge in [-0.1, -0.05) is 0 Å². The van der Waals surface area contributed by atoms with Crippen molar-refractivity contribution < 1.29 is 24.3 Å². The van der Waals surface area contributed by atoms with Crippen LogP contribution in [0.3, 0.4) is 0 Å². The number of aliphatic hydroxyl groups is 1. The summed E-state index contributed by atoms with van der Waals surface area (Å²) in [5.41, 5.74) is 1.60. The van der Waals surface area contributed by atoms with E-state index in [9.17, 15) is 9.59 Å². The lowest BCUT2D eigenvalue weighted by molar-refractivity contribution is -0.904. The predicted molar refractivity (Wildman–Crippen MR) is 95.5 cm³/mol. The topological polar surface area (TPSA) is 83.3 Å². The quantitative estimate of drug-likeness (QED) is 0.646. The zero-order valence-electron chi connectivity index (χ0n) is 14.6. The summed E-state index contributed by atoms with van der Waals surface area (Å²) in [4.78, 5) is 29.2. The summed E-state index contributed by atoms with van der Waals surface area (Å²) in [7, 11) is 0. The highest BCUT2D eigenvalue weighted by atomic mass is 32.1. The van der Waals surface area contributed by atoms with Crippen LogP contribution in [0.5, 0.6) is 0 Å². The van der Waals surface area contributed by atoms with Gasteiger partial charge in [0, 0.05) is 4.88 Å². The molecule has 138 valence electrons. The number of nitrogens with one attached hydrogen (secondary N) is 2. The van der Waals surface area contributed by atoms with Crippen molar-refractivity contribution in [3.05, 3.63) is 16.0 Å².